The Morgan fingerprint density at radius 1 is 1.35 bits per heavy atom. The van der Waals surface area contributed by atoms with Crippen LogP contribution >= 0.6 is 11.3 Å². The second kappa shape index (κ2) is 8.33. The molecule has 2 aromatic rings. The van der Waals surface area contributed by atoms with Gasteiger partial charge in [-0.2, -0.15) is 0 Å². The number of carbonyl (C=O) groups excluding carboxylic acids is 1. The van der Waals surface area contributed by atoms with Crippen molar-refractivity contribution >= 4 is 17.2 Å². The van der Waals surface area contributed by atoms with Crippen molar-refractivity contribution in [2.24, 2.45) is 0 Å². The maximum Gasteiger partial charge on any atom is 0.248 e. The second-order valence-electron chi connectivity index (χ2n) is 7.09. The van der Waals surface area contributed by atoms with Crippen LogP contribution in [-0.4, -0.2) is 58.1 Å². The number of nitrogens with zero attached hydrogens (tertiary/aromatic N) is 4. The average molecular weight is 375 g/mol. The molecular weight excluding hydrogens is 348 g/mol. The highest BCUT2D eigenvalue weighted by Crippen LogP contribution is 2.26. The van der Waals surface area contributed by atoms with Crippen LogP contribution in [-0.2, 0) is 22.6 Å². The predicted octanol–water partition coefficient (Wildman–Crippen LogP) is 2.53. The minimum absolute atomic E-state index is 0.137. The minimum Gasteiger partial charge on any atom is -0.372 e. The zero-order valence-electron chi connectivity index (χ0n) is 15.0. The predicted molar refractivity (Wildman–Crippen MR) is 101 cm³/mol. The van der Waals surface area contributed by atoms with Gasteiger partial charge in [-0.15, -0.1) is 11.3 Å². The lowest BCUT2D eigenvalue weighted by Crippen LogP contribution is -2.37. The normalized spacial score (nSPS) is 20.5. The molecule has 1 fully saturated rings. The monoisotopic (exact) mass is 374 g/mol. The van der Waals surface area contributed by atoms with Crippen LogP contribution < -0.4 is 0 Å². The van der Waals surface area contributed by atoms with Crippen molar-refractivity contribution in [1.29, 1.82) is 0 Å². The summed E-state index contributed by atoms with van der Waals surface area (Å²) >= 11 is 1.71. The Kier molecular flexibility index (Phi) is 5.67. The standard InChI is InChI=1S/C19H26N4O2S/c24-19(22-7-1-2-8-22)15-25-10-5-17-13-21(14-18-20-6-11-26-18)12-16-4-3-9-23(16)17/h3-4,6,9,11,17H,1-2,5,7-8,10,12-15H2. The van der Waals surface area contributed by atoms with E-state index in [2.05, 4.69) is 32.8 Å². The third kappa shape index (κ3) is 4.16. The molecule has 2 aliphatic heterocycles. The summed E-state index contributed by atoms with van der Waals surface area (Å²) in [6, 6.07) is 4.70. The Morgan fingerprint density at radius 2 is 2.23 bits per heavy atom. The average Bonchev–Trinajstić information content (AvgIpc) is 3.40. The van der Waals surface area contributed by atoms with Gasteiger partial charge in [0, 0.05) is 62.3 Å². The number of fused-ring (bicyclic) bond motifs is 1. The number of hydrogen-bond donors (Lipinski definition) is 0. The highest BCUT2D eigenvalue weighted by molar-refractivity contribution is 7.09. The zero-order chi connectivity index (χ0) is 17.8. The Hall–Kier alpha value is -1.70. The van der Waals surface area contributed by atoms with Crippen molar-refractivity contribution in [1.82, 2.24) is 19.4 Å². The lowest BCUT2D eigenvalue weighted by atomic mass is 10.1. The van der Waals surface area contributed by atoms with Crippen molar-refractivity contribution in [3.63, 3.8) is 0 Å². The number of ether oxygens (including phenoxy) is 1. The van der Waals surface area contributed by atoms with Crippen molar-refractivity contribution in [3.8, 4) is 0 Å². The van der Waals surface area contributed by atoms with E-state index >= 15 is 0 Å². The summed E-state index contributed by atoms with van der Waals surface area (Å²) in [7, 11) is 0. The molecule has 26 heavy (non-hydrogen) atoms. The van der Waals surface area contributed by atoms with E-state index in [9.17, 15) is 4.79 Å². The molecule has 140 valence electrons. The van der Waals surface area contributed by atoms with E-state index in [1.54, 1.807) is 11.3 Å². The van der Waals surface area contributed by atoms with E-state index in [4.69, 9.17) is 4.74 Å². The first-order chi connectivity index (χ1) is 12.8. The molecule has 2 aliphatic rings. The number of likely N-dealkylation sites (tertiary alicyclic amines) is 1. The molecule has 1 amide bonds. The maximum absolute atomic E-state index is 12.1. The van der Waals surface area contributed by atoms with E-state index in [1.165, 1.54) is 5.69 Å². The number of carbonyl (C=O) groups is 1. The van der Waals surface area contributed by atoms with Gasteiger partial charge >= 0.3 is 0 Å². The first kappa shape index (κ1) is 17.7. The Labute approximate surface area is 158 Å². The summed E-state index contributed by atoms with van der Waals surface area (Å²) in [6.07, 6.45) is 7.20. The Bertz CT molecular complexity index is 709. The molecule has 0 N–H and O–H groups in total. The van der Waals surface area contributed by atoms with Gasteiger partial charge in [0.25, 0.3) is 0 Å². The second-order valence-corrected chi connectivity index (χ2v) is 8.06. The van der Waals surface area contributed by atoms with E-state index in [1.807, 2.05) is 16.5 Å². The van der Waals surface area contributed by atoms with Gasteiger partial charge < -0.3 is 14.2 Å². The largest absolute Gasteiger partial charge is 0.372 e. The Morgan fingerprint density at radius 3 is 3.04 bits per heavy atom. The molecule has 4 rings (SSSR count). The van der Waals surface area contributed by atoms with Crippen molar-refractivity contribution < 1.29 is 9.53 Å². The maximum atomic E-state index is 12.1. The molecule has 1 unspecified atom stereocenters. The summed E-state index contributed by atoms with van der Waals surface area (Å²) in [5.41, 5.74) is 1.34. The van der Waals surface area contributed by atoms with E-state index in [-0.39, 0.29) is 12.5 Å². The SMILES string of the molecule is O=C(COCCC1CN(Cc2nccs2)Cc2cccn21)N1CCCC1. The van der Waals surface area contributed by atoms with E-state index in [0.29, 0.717) is 12.6 Å². The molecule has 0 saturated carbocycles. The summed E-state index contributed by atoms with van der Waals surface area (Å²) < 4.78 is 8.08. The van der Waals surface area contributed by atoms with Crippen LogP contribution in [0.15, 0.2) is 29.9 Å². The van der Waals surface area contributed by atoms with Crippen LogP contribution in [0.4, 0.5) is 0 Å². The quantitative estimate of drug-likeness (QED) is 0.699. The van der Waals surface area contributed by atoms with E-state index in [0.717, 1.165) is 57.0 Å². The van der Waals surface area contributed by atoms with Crippen LogP contribution in [0, 0.1) is 0 Å². The molecule has 4 heterocycles. The first-order valence-corrected chi connectivity index (χ1v) is 10.3. The van der Waals surface area contributed by atoms with Gasteiger partial charge in [0.1, 0.15) is 11.6 Å². The molecular formula is C19H26N4O2S. The third-order valence-corrected chi connectivity index (χ3v) is 6.00. The number of hydrogen-bond acceptors (Lipinski definition) is 5. The van der Waals surface area contributed by atoms with Gasteiger partial charge in [-0.3, -0.25) is 9.69 Å². The van der Waals surface area contributed by atoms with Gasteiger partial charge in [0.15, 0.2) is 0 Å². The molecule has 0 aromatic carbocycles. The van der Waals surface area contributed by atoms with Gasteiger partial charge in [-0.25, -0.2) is 4.98 Å². The first-order valence-electron chi connectivity index (χ1n) is 9.41. The fourth-order valence-corrected chi connectivity index (χ4v) is 4.57. The summed E-state index contributed by atoms with van der Waals surface area (Å²) in [4.78, 5) is 20.8. The van der Waals surface area contributed by atoms with E-state index < -0.39 is 0 Å². The molecule has 1 atom stereocenters. The highest BCUT2D eigenvalue weighted by atomic mass is 32.1. The van der Waals surface area contributed by atoms with Crippen molar-refractivity contribution in [2.45, 2.75) is 38.4 Å². The summed E-state index contributed by atoms with van der Waals surface area (Å²) in [5, 5.41) is 3.20. The number of amides is 1. The minimum atomic E-state index is 0.137. The molecule has 0 spiro atoms. The molecule has 7 heteroatoms. The smallest absolute Gasteiger partial charge is 0.248 e. The molecule has 0 aliphatic carbocycles. The number of thiazole rings is 1. The molecule has 0 radical (unpaired) electrons. The number of rotatable bonds is 7. The fraction of sp³-hybridized carbons (Fsp3) is 0.579. The number of aromatic nitrogens is 2. The van der Waals surface area contributed by atoms with Crippen LogP contribution in [0.3, 0.4) is 0 Å². The Balaban J connectivity index is 1.28. The summed E-state index contributed by atoms with van der Waals surface area (Å²) in [5.74, 6) is 0.137. The molecule has 6 nitrogen and oxygen atoms in total. The topological polar surface area (TPSA) is 50.6 Å². The van der Waals surface area contributed by atoms with Gasteiger partial charge in [0.2, 0.25) is 5.91 Å². The summed E-state index contributed by atoms with van der Waals surface area (Å²) in [6.45, 7) is 5.46. The zero-order valence-corrected chi connectivity index (χ0v) is 15.9. The van der Waals surface area contributed by atoms with Gasteiger partial charge in [-0.05, 0) is 31.4 Å². The van der Waals surface area contributed by atoms with Crippen LogP contribution in [0.5, 0.6) is 0 Å². The van der Waals surface area contributed by atoms with Crippen molar-refractivity contribution in [3.05, 3.63) is 40.6 Å². The van der Waals surface area contributed by atoms with Crippen LogP contribution in [0.25, 0.3) is 0 Å². The lowest BCUT2D eigenvalue weighted by Gasteiger charge is -2.34. The van der Waals surface area contributed by atoms with Crippen molar-refractivity contribution in [2.75, 3.05) is 32.8 Å². The molecule has 1 saturated heterocycles. The lowest BCUT2D eigenvalue weighted by molar-refractivity contribution is -0.135. The molecule has 0 bridgehead atoms. The fourth-order valence-electron chi connectivity index (χ4n) is 3.91. The van der Waals surface area contributed by atoms with Crippen LogP contribution in [0.2, 0.25) is 0 Å². The van der Waals surface area contributed by atoms with Crippen LogP contribution in [0.1, 0.15) is 36.0 Å². The highest BCUT2D eigenvalue weighted by Gasteiger charge is 2.25. The van der Waals surface area contributed by atoms with Gasteiger partial charge in [-0.1, -0.05) is 0 Å². The van der Waals surface area contributed by atoms with Gasteiger partial charge in [0.05, 0.1) is 6.54 Å². The molecule has 2 aromatic heterocycles. The third-order valence-electron chi connectivity index (χ3n) is 5.24.